The number of nitrogens with zero attached hydrogens (tertiary/aromatic N) is 2. The van der Waals surface area contributed by atoms with Crippen LogP contribution in [0.15, 0.2) is 4.90 Å². The Morgan fingerprint density at radius 3 is 2.55 bits per heavy atom. The average Bonchev–Trinajstić information content (AvgIpc) is 2.56. The van der Waals surface area contributed by atoms with Gasteiger partial charge >= 0.3 is 0 Å². The fraction of sp³-hybridized carbons (Fsp3) is 0.750. The largest absolute Gasteiger partial charge is 0.313 e. The van der Waals surface area contributed by atoms with E-state index in [1.165, 1.54) is 0 Å². The minimum absolute atomic E-state index is 0. The van der Waals surface area contributed by atoms with Crippen LogP contribution in [0.5, 0.6) is 0 Å². The van der Waals surface area contributed by atoms with Crippen molar-refractivity contribution in [1.29, 1.82) is 0 Å². The van der Waals surface area contributed by atoms with Crippen LogP contribution in [0.3, 0.4) is 0 Å². The summed E-state index contributed by atoms with van der Waals surface area (Å²) in [5.41, 5.74) is 1.21. The van der Waals surface area contributed by atoms with Gasteiger partial charge in [-0.2, -0.15) is 5.10 Å². The van der Waals surface area contributed by atoms with Gasteiger partial charge in [-0.15, -0.1) is 12.4 Å². The zero-order chi connectivity index (χ0) is 14.2. The van der Waals surface area contributed by atoms with Crippen molar-refractivity contribution < 1.29 is 8.42 Å². The number of halogens is 1. The minimum atomic E-state index is -3.51. The number of nitrogens with one attached hydrogen (secondary N) is 2. The molecule has 116 valence electrons. The molecule has 1 aromatic heterocycles. The number of rotatable bonds is 3. The molecule has 2 unspecified atom stereocenters. The lowest BCUT2D eigenvalue weighted by Crippen LogP contribution is -2.51. The van der Waals surface area contributed by atoms with Gasteiger partial charge < -0.3 is 5.32 Å². The highest BCUT2D eigenvalue weighted by atomic mass is 35.5. The second-order valence-electron chi connectivity index (χ2n) is 5.24. The second kappa shape index (κ2) is 6.43. The molecule has 0 aromatic carbocycles. The molecular formula is C12H23ClN4O2S. The van der Waals surface area contributed by atoms with Gasteiger partial charge in [-0.3, -0.25) is 4.68 Å². The smallest absolute Gasteiger partial charge is 0.244 e. The van der Waals surface area contributed by atoms with Crippen molar-refractivity contribution in [2.24, 2.45) is 7.05 Å². The van der Waals surface area contributed by atoms with Gasteiger partial charge in [0.25, 0.3) is 0 Å². The predicted molar refractivity (Wildman–Crippen MR) is 80.7 cm³/mol. The van der Waals surface area contributed by atoms with Crippen LogP contribution in [0.4, 0.5) is 0 Å². The van der Waals surface area contributed by atoms with Crippen LogP contribution in [0.2, 0.25) is 0 Å². The molecule has 2 rings (SSSR count). The summed E-state index contributed by atoms with van der Waals surface area (Å²) in [5.74, 6) is 0. The Hall–Kier alpha value is -0.630. The van der Waals surface area contributed by atoms with Gasteiger partial charge in [0.2, 0.25) is 10.0 Å². The molecule has 0 radical (unpaired) electrons. The SMILES string of the molecule is Cc1nn(C)c(C)c1S(=O)(=O)NC1CCCNC1C.Cl. The molecule has 1 aromatic rings. The third kappa shape index (κ3) is 3.33. The van der Waals surface area contributed by atoms with E-state index < -0.39 is 10.0 Å². The number of hydrogen-bond donors (Lipinski definition) is 2. The number of piperidine rings is 1. The van der Waals surface area contributed by atoms with E-state index in [9.17, 15) is 8.42 Å². The van der Waals surface area contributed by atoms with Crippen LogP contribution in [-0.4, -0.2) is 36.8 Å². The maximum absolute atomic E-state index is 12.5. The van der Waals surface area contributed by atoms with Crippen molar-refractivity contribution in [2.75, 3.05) is 6.54 Å². The van der Waals surface area contributed by atoms with Gasteiger partial charge in [0.1, 0.15) is 4.90 Å². The van der Waals surface area contributed by atoms with Crippen molar-refractivity contribution in [3.63, 3.8) is 0 Å². The minimum Gasteiger partial charge on any atom is -0.313 e. The molecule has 2 N–H and O–H groups in total. The fourth-order valence-corrected chi connectivity index (χ4v) is 4.40. The Kier molecular flexibility index (Phi) is 5.60. The third-order valence-electron chi connectivity index (χ3n) is 3.78. The van der Waals surface area contributed by atoms with Crippen molar-refractivity contribution >= 4 is 22.4 Å². The molecule has 0 saturated carbocycles. The Labute approximate surface area is 126 Å². The van der Waals surface area contributed by atoms with E-state index in [0.717, 1.165) is 19.4 Å². The lowest BCUT2D eigenvalue weighted by atomic mass is 10.0. The summed E-state index contributed by atoms with van der Waals surface area (Å²) in [6.07, 6.45) is 1.86. The van der Waals surface area contributed by atoms with Crippen molar-refractivity contribution in [1.82, 2.24) is 19.8 Å². The van der Waals surface area contributed by atoms with Crippen molar-refractivity contribution in [3.8, 4) is 0 Å². The summed E-state index contributed by atoms with van der Waals surface area (Å²) in [6, 6.07) is 0.0959. The van der Waals surface area contributed by atoms with E-state index in [2.05, 4.69) is 15.1 Å². The summed E-state index contributed by atoms with van der Waals surface area (Å²) < 4.78 is 29.4. The molecule has 2 atom stereocenters. The topological polar surface area (TPSA) is 76.0 Å². The zero-order valence-electron chi connectivity index (χ0n) is 12.3. The van der Waals surface area contributed by atoms with Crippen LogP contribution in [0.1, 0.15) is 31.2 Å². The molecule has 20 heavy (non-hydrogen) atoms. The van der Waals surface area contributed by atoms with Gasteiger partial charge in [0, 0.05) is 19.1 Å². The van der Waals surface area contributed by atoms with Crippen LogP contribution in [-0.2, 0) is 17.1 Å². The Balaban J connectivity index is 0.00000200. The van der Waals surface area contributed by atoms with E-state index in [-0.39, 0.29) is 24.5 Å². The van der Waals surface area contributed by atoms with Gasteiger partial charge in [0.05, 0.1) is 11.4 Å². The Morgan fingerprint density at radius 2 is 2.05 bits per heavy atom. The summed E-state index contributed by atoms with van der Waals surface area (Å²) >= 11 is 0. The molecular weight excluding hydrogens is 300 g/mol. The van der Waals surface area contributed by atoms with E-state index in [1.807, 2.05) is 6.92 Å². The molecule has 0 aliphatic carbocycles. The highest BCUT2D eigenvalue weighted by Gasteiger charge is 2.30. The van der Waals surface area contributed by atoms with Crippen LogP contribution in [0, 0.1) is 13.8 Å². The first-order valence-electron chi connectivity index (χ1n) is 6.59. The maximum atomic E-state index is 12.5. The first kappa shape index (κ1) is 17.4. The number of aromatic nitrogens is 2. The van der Waals surface area contributed by atoms with Gasteiger partial charge in [-0.05, 0) is 40.2 Å². The lowest BCUT2D eigenvalue weighted by molar-refractivity contribution is 0.348. The standard InChI is InChI=1S/C12H22N4O2S.ClH/c1-8-11(6-5-7-13-8)15-19(17,18)12-9(2)14-16(4)10(12)3;/h8,11,13,15H,5-7H2,1-4H3;1H. The van der Waals surface area contributed by atoms with Gasteiger partial charge in [-0.1, -0.05) is 0 Å². The highest BCUT2D eigenvalue weighted by Crippen LogP contribution is 2.20. The second-order valence-corrected chi connectivity index (χ2v) is 6.89. The lowest BCUT2D eigenvalue weighted by Gasteiger charge is -2.30. The molecule has 1 saturated heterocycles. The average molecular weight is 323 g/mol. The normalized spacial score (nSPS) is 23.4. The Morgan fingerprint density at radius 1 is 1.40 bits per heavy atom. The third-order valence-corrected chi connectivity index (χ3v) is 5.52. The van der Waals surface area contributed by atoms with Crippen LogP contribution in [0.25, 0.3) is 0 Å². The highest BCUT2D eigenvalue weighted by molar-refractivity contribution is 7.89. The van der Waals surface area contributed by atoms with Crippen LogP contribution < -0.4 is 10.0 Å². The quantitative estimate of drug-likeness (QED) is 0.866. The molecule has 1 aliphatic rings. The zero-order valence-corrected chi connectivity index (χ0v) is 13.9. The van der Waals surface area contributed by atoms with Gasteiger partial charge in [0.15, 0.2) is 0 Å². The molecule has 0 amide bonds. The molecule has 1 fully saturated rings. The molecule has 2 heterocycles. The molecule has 1 aliphatic heterocycles. The van der Waals surface area contributed by atoms with Crippen molar-refractivity contribution in [3.05, 3.63) is 11.4 Å². The summed E-state index contributed by atoms with van der Waals surface area (Å²) in [4.78, 5) is 0.313. The maximum Gasteiger partial charge on any atom is 0.244 e. The first-order chi connectivity index (χ1) is 8.83. The number of aryl methyl sites for hydroxylation is 2. The number of sulfonamides is 1. The molecule has 0 spiro atoms. The summed E-state index contributed by atoms with van der Waals surface area (Å²) in [7, 11) is -1.75. The molecule has 0 bridgehead atoms. The van der Waals surface area contributed by atoms with Crippen molar-refractivity contribution in [2.45, 2.75) is 50.6 Å². The summed E-state index contributed by atoms with van der Waals surface area (Å²) in [6.45, 7) is 6.46. The first-order valence-corrected chi connectivity index (χ1v) is 8.07. The van der Waals surface area contributed by atoms with Crippen LogP contribution >= 0.6 is 12.4 Å². The van der Waals surface area contributed by atoms with Gasteiger partial charge in [-0.25, -0.2) is 13.1 Å². The number of hydrogen-bond acceptors (Lipinski definition) is 4. The monoisotopic (exact) mass is 322 g/mol. The predicted octanol–water partition coefficient (Wildman–Crippen LogP) is 0.878. The van der Waals surface area contributed by atoms with E-state index >= 15 is 0 Å². The fourth-order valence-electron chi connectivity index (χ4n) is 2.61. The molecule has 6 nitrogen and oxygen atoms in total. The Bertz CT molecular complexity index is 570. The van der Waals surface area contributed by atoms with E-state index in [0.29, 0.717) is 16.3 Å². The van der Waals surface area contributed by atoms with E-state index in [4.69, 9.17) is 0 Å². The van der Waals surface area contributed by atoms with E-state index in [1.54, 1.807) is 25.6 Å². The molecule has 8 heteroatoms. The summed E-state index contributed by atoms with van der Waals surface area (Å²) in [5, 5.41) is 7.46.